The van der Waals surface area contributed by atoms with Gasteiger partial charge in [0, 0.05) is 23.0 Å². The Morgan fingerprint density at radius 1 is 1.18 bits per heavy atom. The fourth-order valence-corrected chi connectivity index (χ4v) is 2.52. The monoisotopic (exact) mass is 400 g/mol. The lowest BCUT2D eigenvalue weighted by atomic mass is 10.2. The molecule has 1 heterocycles. The van der Waals surface area contributed by atoms with E-state index in [1.165, 1.54) is 13.3 Å². The molecule has 0 aliphatic heterocycles. The molecule has 0 bridgehead atoms. The zero-order chi connectivity index (χ0) is 20.1. The number of nitrogens with two attached hydrogens (primary N) is 1. The summed E-state index contributed by atoms with van der Waals surface area (Å²) in [7, 11) is 1.47. The number of hydrogen-bond donors (Lipinski definition) is 2. The van der Waals surface area contributed by atoms with E-state index in [0.29, 0.717) is 22.0 Å². The van der Waals surface area contributed by atoms with Gasteiger partial charge >= 0.3 is 0 Å². The van der Waals surface area contributed by atoms with E-state index in [4.69, 9.17) is 26.8 Å². The van der Waals surface area contributed by atoms with Gasteiger partial charge in [0.15, 0.2) is 18.1 Å². The molecule has 0 atom stereocenters. The summed E-state index contributed by atoms with van der Waals surface area (Å²) in [5.74, 6) is -0.275. The van der Waals surface area contributed by atoms with Gasteiger partial charge in [0.2, 0.25) is 0 Å². The van der Waals surface area contributed by atoms with Crippen LogP contribution in [-0.4, -0.2) is 35.3 Å². The van der Waals surface area contributed by atoms with Crippen molar-refractivity contribution in [2.75, 3.05) is 19.0 Å². The van der Waals surface area contributed by atoms with Crippen molar-refractivity contribution in [1.29, 1.82) is 0 Å². The van der Waals surface area contributed by atoms with Gasteiger partial charge in [-0.2, -0.15) is 5.10 Å². The zero-order valence-electron chi connectivity index (χ0n) is 14.9. The quantitative estimate of drug-likeness (QED) is 0.633. The first-order chi connectivity index (χ1) is 13.5. The number of nitrogens with one attached hydrogen (secondary N) is 1. The number of amides is 2. The SMILES string of the molecule is COc1ccc(NC(=O)c2cnn(-c3ccc(Cl)cc3)c2)cc1OCC(N)=O. The van der Waals surface area contributed by atoms with E-state index in [-0.39, 0.29) is 18.3 Å². The van der Waals surface area contributed by atoms with E-state index < -0.39 is 5.91 Å². The maximum absolute atomic E-state index is 12.5. The van der Waals surface area contributed by atoms with Gasteiger partial charge in [0.05, 0.1) is 24.6 Å². The van der Waals surface area contributed by atoms with Crippen LogP contribution in [0, 0.1) is 0 Å². The number of halogens is 1. The molecule has 0 aliphatic carbocycles. The molecule has 0 aliphatic rings. The first-order valence-electron chi connectivity index (χ1n) is 8.17. The van der Waals surface area contributed by atoms with Gasteiger partial charge in [-0.1, -0.05) is 11.6 Å². The first kappa shape index (κ1) is 19.2. The standard InChI is InChI=1S/C19H17ClN4O4/c1-27-16-7-4-14(8-17(16)28-11-18(21)25)23-19(26)12-9-22-24(10-12)15-5-2-13(20)3-6-15/h2-10H,11H2,1H3,(H2,21,25)(H,23,26). The number of ether oxygens (including phenoxy) is 2. The predicted octanol–water partition coefficient (Wildman–Crippen LogP) is 2.65. The molecule has 0 fully saturated rings. The molecule has 9 heteroatoms. The Morgan fingerprint density at radius 2 is 1.93 bits per heavy atom. The van der Waals surface area contributed by atoms with E-state index in [1.807, 2.05) is 0 Å². The lowest BCUT2D eigenvalue weighted by molar-refractivity contribution is -0.119. The third kappa shape index (κ3) is 4.60. The number of anilines is 1. The number of rotatable bonds is 7. The van der Waals surface area contributed by atoms with Crippen LogP contribution in [0.15, 0.2) is 54.9 Å². The highest BCUT2D eigenvalue weighted by Gasteiger charge is 2.13. The number of hydrogen-bond acceptors (Lipinski definition) is 5. The lowest BCUT2D eigenvalue weighted by Crippen LogP contribution is -2.20. The van der Waals surface area contributed by atoms with Gasteiger partial charge in [-0.15, -0.1) is 0 Å². The minimum atomic E-state index is -0.619. The van der Waals surface area contributed by atoms with Gasteiger partial charge in [-0.05, 0) is 36.4 Å². The van der Waals surface area contributed by atoms with Crippen LogP contribution < -0.4 is 20.5 Å². The van der Waals surface area contributed by atoms with Crippen molar-refractivity contribution >= 4 is 29.1 Å². The second-order valence-corrected chi connectivity index (χ2v) is 6.16. The Kier molecular flexibility index (Phi) is 5.81. The van der Waals surface area contributed by atoms with Crippen LogP contribution in [0.2, 0.25) is 5.02 Å². The van der Waals surface area contributed by atoms with Crippen molar-refractivity contribution in [2.24, 2.45) is 5.73 Å². The molecule has 3 N–H and O–H groups in total. The van der Waals surface area contributed by atoms with Crippen LogP contribution >= 0.6 is 11.6 Å². The van der Waals surface area contributed by atoms with Crippen molar-refractivity contribution in [1.82, 2.24) is 9.78 Å². The fourth-order valence-electron chi connectivity index (χ4n) is 2.39. The molecular formula is C19H17ClN4O4. The van der Waals surface area contributed by atoms with E-state index in [2.05, 4.69) is 10.4 Å². The molecular weight excluding hydrogens is 384 g/mol. The number of primary amides is 1. The second-order valence-electron chi connectivity index (χ2n) is 5.72. The molecule has 0 radical (unpaired) electrons. The number of aromatic nitrogens is 2. The number of carbonyl (C=O) groups excluding carboxylic acids is 2. The summed E-state index contributed by atoms with van der Waals surface area (Å²) in [5.41, 5.74) is 6.70. The molecule has 1 aromatic heterocycles. The molecule has 2 aromatic carbocycles. The van der Waals surface area contributed by atoms with Crippen molar-refractivity contribution in [3.63, 3.8) is 0 Å². The second kappa shape index (κ2) is 8.45. The minimum absolute atomic E-state index is 0.288. The lowest BCUT2D eigenvalue weighted by Gasteiger charge is -2.11. The number of carbonyl (C=O) groups is 2. The molecule has 0 saturated carbocycles. The van der Waals surface area contributed by atoms with E-state index in [1.54, 1.807) is 53.3 Å². The van der Waals surface area contributed by atoms with E-state index in [9.17, 15) is 9.59 Å². The topological polar surface area (TPSA) is 108 Å². The van der Waals surface area contributed by atoms with Crippen LogP contribution in [0.1, 0.15) is 10.4 Å². The molecule has 3 aromatic rings. The Bertz CT molecular complexity index is 1000. The summed E-state index contributed by atoms with van der Waals surface area (Å²) in [4.78, 5) is 23.4. The van der Waals surface area contributed by atoms with Crippen LogP contribution in [0.5, 0.6) is 11.5 Å². The van der Waals surface area contributed by atoms with Crippen molar-refractivity contribution < 1.29 is 19.1 Å². The van der Waals surface area contributed by atoms with Crippen LogP contribution in [-0.2, 0) is 4.79 Å². The van der Waals surface area contributed by atoms with Gasteiger partial charge in [-0.3, -0.25) is 9.59 Å². The van der Waals surface area contributed by atoms with Gasteiger partial charge < -0.3 is 20.5 Å². The summed E-state index contributed by atoms with van der Waals surface area (Å²) >= 11 is 5.88. The zero-order valence-corrected chi connectivity index (χ0v) is 15.6. The number of benzene rings is 2. The highest BCUT2D eigenvalue weighted by atomic mass is 35.5. The summed E-state index contributed by atoms with van der Waals surface area (Å²) < 4.78 is 12.1. The smallest absolute Gasteiger partial charge is 0.258 e. The summed E-state index contributed by atoms with van der Waals surface area (Å²) in [6.45, 7) is -0.304. The maximum Gasteiger partial charge on any atom is 0.258 e. The third-order valence-electron chi connectivity index (χ3n) is 3.73. The molecule has 3 rings (SSSR count). The van der Waals surface area contributed by atoms with E-state index >= 15 is 0 Å². The Balaban J connectivity index is 1.75. The fraction of sp³-hybridized carbons (Fsp3) is 0.105. The Morgan fingerprint density at radius 3 is 2.61 bits per heavy atom. The van der Waals surface area contributed by atoms with Gasteiger partial charge in [0.25, 0.3) is 11.8 Å². The highest BCUT2D eigenvalue weighted by molar-refractivity contribution is 6.30. The van der Waals surface area contributed by atoms with Crippen molar-refractivity contribution in [2.45, 2.75) is 0 Å². The maximum atomic E-state index is 12.5. The molecule has 0 spiro atoms. The molecule has 144 valence electrons. The molecule has 0 unspecified atom stereocenters. The first-order valence-corrected chi connectivity index (χ1v) is 8.55. The van der Waals surface area contributed by atoms with Gasteiger partial charge in [-0.25, -0.2) is 4.68 Å². The number of nitrogens with zero attached hydrogens (tertiary/aromatic N) is 2. The van der Waals surface area contributed by atoms with E-state index in [0.717, 1.165) is 5.69 Å². The highest BCUT2D eigenvalue weighted by Crippen LogP contribution is 2.30. The Labute approximate surface area is 165 Å². The van der Waals surface area contributed by atoms with Crippen LogP contribution in [0.4, 0.5) is 5.69 Å². The molecule has 2 amide bonds. The average Bonchev–Trinajstić information content (AvgIpc) is 3.17. The van der Waals surface area contributed by atoms with Crippen molar-refractivity contribution in [3.8, 4) is 17.2 Å². The van der Waals surface area contributed by atoms with Crippen LogP contribution in [0.25, 0.3) is 5.69 Å². The number of methoxy groups -OCH3 is 1. The predicted molar refractivity (Wildman–Crippen MR) is 104 cm³/mol. The molecule has 8 nitrogen and oxygen atoms in total. The van der Waals surface area contributed by atoms with Gasteiger partial charge in [0.1, 0.15) is 0 Å². The van der Waals surface area contributed by atoms with Crippen LogP contribution in [0.3, 0.4) is 0 Å². The largest absolute Gasteiger partial charge is 0.493 e. The minimum Gasteiger partial charge on any atom is -0.493 e. The average molecular weight is 401 g/mol. The third-order valence-corrected chi connectivity index (χ3v) is 3.98. The molecule has 28 heavy (non-hydrogen) atoms. The van der Waals surface area contributed by atoms with Crippen molar-refractivity contribution in [3.05, 3.63) is 65.4 Å². The summed E-state index contributed by atoms with van der Waals surface area (Å²) in [6, 6.07) is 11.9. The summed E-state index contributed by atoms with van der Waals surface area (Å²) in [6.07, 6.45) is 3.06. The summed E-state index contributed by atoms with van der Waals surface area (Å²) in [5, 5.41) is 7.55. The Hall–Kier alpha value is -3.52. The molecule has 0 saturated heterocycles. The normalized spacial score (nSPS) is 10.4.